The van der Waals surface area contributed by atoms with Crippen LogP contribution in [0.15, 0.2) is 12.3 Å². The Bertz CT molecular complexity index is 356. The highest BCUT2D eigenvalue weighted by Gasteiger charge is 2.23. The molecule has 1 aliphatic rings. The molecule has 1 aromatic rings. The van der Waals surface area contributed by atoms with Gasteiger partial charge in [0.1, 0.15) is 6.10 Å². The van der Waals surface area contributed by atoms with Gasteiger partial charge in [-0.2, -0.15) is 4.98 Å². The van der Waals surface area contributed by atoms with Gasteiger partial charge in [-0.05, 0) is 19.3 Å². The lowest BCUT2D eigenvalue weighted by Crippen LogP contribution is -2.20. The van der Waals surface area contributed by atoms with E-state index < -0.39 is 0 Å². The summed E-state index contributed by atoms with van der Waals surface area (Å²) in [5, 5.41) is 0. The van der Waals surface area contributed by atoms with E-state index in [9.17, 15) is 0 Å². The summed E-state index contributed by atoms with van der Waals surface area (Å²) in [7, 11) is 3.81. The van der Waals surface area contributed by atoms with Gasteiger partial charge in [0.15, 0.2) is 0 Å². The highest BCUT2D eigenvalue weighted by atomic mass is 16.5. The number of ether oxygens (including phenoxy) is 1. The topological polar surface area (TPSA) is 64.3 Å². The second-order valence-electron chi connectivity index (χ2n) is 4.40. The fraction of sp³-hybridized carbons (Fsp3) is 0.636. The SMILES string of the molecule is CN(C)c1nccc(OC2CCC(N)C2)n1. The van der Waals surface area contributed by atoms with Gasteiger partial charge in [-0.1, -0.05) is 0 Å². The lowest BCUT2D eigenvalue weighted by molar-refractivity contribution is 0.199. The molecule has 0 amide bonds. The van der Waals surface area contributed by atoms with Crippen LogP contribution < -0.4 is 15.4 Å². The van der Waals surface area contributed by atoms with Crippen molar-refractivity contribution < 1.29 is 4.74 Å². The maximum atomic E-state index is 5.84. The molecule has 5 heteroatoms. The number of anilines is 1. The van der Waals surface area contributed by atoms with E-state index in [2.05, 4.69) is 9.97 Å². The second-order valence-corrected chi connectivity index (χ2v) is 4.40. The molecule has 88 valence electrons. The molecule has 0 aliphatic heterocycles. The molecule has 2 unspecified atom stereocenters. The summed E-state index contributed by atoms with van der Waals surface area (Å²) in [5.74, 6) is 1.30. The maximum Gasteiger partial charge on any atom is 0.228 e. The summed E-state index contributed by atoms with van der Waals surface area (Å²) in [6, 6.07) is 2.07. The van der Waals surface area contributed by atoms with Gasteiger partial charge < -0.3 is 15.4 Å². The molecular formula is C11H18N4O. The molecule has 16 heavy (non-hydrogen) atoms. The van der Waals surface area contributed by atoms with Gasteiger partial charge >= 0.3 is 0 Å². The first-order valence-electron chi connectivity index (χ1n) is 5.58. The molecule has 0 saturated heterocycles. The van der Waals surface area contributed by atoms with Crippen molar-refractivity contribution in [2.45, 2.75) is 31.4 Å². The highest BCUT2D eigenvalue weighted by molar-refractivity contribution is 5.29. The largest absolute Gasteiger partial charge is 0.474 e. The van der Waals surface area contributed by atoms with E-state index in [1.165, 1.54) is 0 Å². The van der Waals surface area contributed by atoms with E-state index in [0.717, 1.165) is 19.3 Å². The third-order valence-corrected chi connectivity index (χ3v) is 2.73. The fourth-order valence-corrected chi connectivity index (χ4v) is 1.86. The van der Waals surface area contributed by atoms with Crippen molar-refractivity contribution in [2.24, 2.45) is 5.73 Å². The van der Waals surface area contributed by atoms with Crippen LogP contribution in [0.25, 0.3) is 0 Å². The van der Waals surface area contributed by atoms with Crippen molar-refractivity contribution in [1.29, 1.82) is 0 Å². The molecule has 2 rings (SSSR count). The smallest absolute Gasteiger partial charge is 0.228 e. The number of nitrogens with two attached hydrogens (primary N) is 1. The molecule has 5 nitrogen and oxygen atoms in total. The van der Waals surface area contributed by atoms with E-state index in [1.54, 1.807) is 12.3 Å². The van der Waals surface area contributed by atoms with Crippen molar-refractivity contribution in [3.05, 3.63) is 12.3 Å². The Morgan fingerprint density at radius 2 is 2.25 bits per heavy atom. The molecule has 1 saturated carbocycles. The first-order valence-corrected chi connectivity index (χ1v) is 5.58. The predicted octanol–water partition coefficient (Wildman–Crippen LogP) is 0.801. The molecule has 0 bridgehead atoms. The second kappa shape index (κ2) is 4.65. The molecule has 2 N–H and O–H groups in total. The van der Waals surface area contributed by atoms with E-state index >= 15 is 0 Å². The zero-order chi connectivity index (χ0) is 11.5. The minimum atomic E-state index is 0.208. The van der Waals surface area contributed by atoms with Crippen molar-refractivity contribution in [1.82, 2.24) is 9.97 Å². The van der Waals surface area contributed by atoms with Crippen molar-refractivity contribution >= 4 is 5.95 Å². The third kappa shape index (κ3) is 2.61. The van der Waals surface area contributed by atoms with Gasteiger partial charge in [0.25, 0.3) is 0 Å². The van der Waals surface area contributed by atoms with Crippen molar-refractivity contribution in [3.63, 3.8) is 0 Å². The molecular weight excluding hydrogens is 204 g/mol. The van der Waals surface area contributed by atoms with Crippen LogP contribution in [0.4, 0.5) is 5.95 Å². The molecule has 0 spiro atoms. The quantitative estimate of drug-likeness (QED) is 0.819. The van der Waals surface area contributed by atoms with E-state index in [0.29, 0.717) is 11.8 Å². The molecule has 0 aromatic carbocycles. The lowest BCUT2D eigenvalue weighted by atomic mass is 10.3. The Balaban J connectivity index is 2.01. The minimum Gasteiger partial charge on any atom is -0.474 e. The van der Waals surface area contributed by atoms with Crippen LogP contribution in [0.5, 0.6) is 5.88 Å². The molecule has 1 aliphatic carbocycles. The van der Waals surface area contributed by atoms with Gasteiger partial charge in [0.2, 0.25) is 11.8 Å². The average molecular weight is 222 g/mol. The molecule has 0 radical (unpaired) electrons. The number of rotatable bonds is 3. The van der Waals surface area contributed by atoms with Crippen LogP contribution >= 0.6 is 0 Å². The van der Waals surface area contributed by atoms with Crippen LogP contribution in [0.3, 0.4) is 0 Å². The predicted molar refractivity (Wildman–Crippen MR) is 62.6 cm³/mol. The van der Waals surface area contributed by atoms with Crippen LogP contribution in [0.1, 0.15) is 19.3 Å². The number of hydrogen-bond donors (Lipinski definition) is 1. The zero-order valence-electron chi connectivity index (χ0n) is 9.76. The van der Waals surface area contributed by atoms with E-state index in [1.807, 2.05) is 19.0 Å². The van der Waals surface area contributed by atoms with Crippen LogP contribution in [0, 0.1) is 0 Å². The van der Waals surface area contributed by atoms with Gasteiger partial charge in [0.05, 0.1) is 0 Å². The summed E-state index contributed by atoms with van der Waals surface area (Å²) < 4.78 is 5.78. The Hall–Kier alpha value is -1.36. The first kappa shape index (κ1) is 11.1. The van der Waals surface area contributed by atoms with Crippen LogP contribution in [-0.4, -0.2) is 36.2 Å². The van der Waals surface area contributed by atoms with Gasteiger partial charge in [-0.25, -0.2) is 4.98 Å². The van der Waals surface area contributed by atoms with Gasteiger partial charge in [0, 0.05) is 32.4 Å². The normalized spacial score (nSPS) is 24.4. The standard InChI is InChI=1S/C11H18N4O/c1-15(2)11-13-6-5-10(14-11)16-9-4-3-8(12)7-9/h5-6,8-9H,3-4,7,12H2,1-2H3. The van der Waals surface area contributed by atoms with Crippen LogP contribution in [-0.2, 0) is 0 Å². The molecule has 1 fully saturated rings. The zero-order valence-corrected chi connectivity index (χ0v) is 9.76. The van der Waals surface area contributed by atoms with Gasteiger partial charge in [-0.15, -0.1) is 0 Å². The maximum absolute atomic E-state index is 5.84. The Morgan fingerprint density at radius 1 is 1.44 bits per heavy atom. The number of hydrogen-bond acceptors (Lipinski definition) is 5. The summed E-state index contributed by atoms with van der Waals surface area (Å²) in [6.45, 7) is 0. The lowest BCUT2D eigenvalue weighted by Gasteiger charge is -2.14. The number of aromatic nitrogens is 2. The van der Waals surface area contributed by atoms with Crippen molar-refractivity contribution in [3.8, 4) is 5.88 Å². The van der Waals surface area contributed by atoms with E-state index in [-0.39, 0.29) is 12.1 Å². The highest BCUT2D eigenvalue weighted by Crippen LogP contribution is 2.22. The first-order chi connectivity index (χ1) is 7.65. The Morgan fingerprint density at radius 3 is 2.88 bits per heavy atom. The summed E-state index contributed by atoms with van der Waals surface area (Å²) in [5.41, 5.74) is 5.84. The molecule has 1 aromatic heterocycles. The minimum absolute atomic E-state index is 0.208. The Labute approximate surface area is 95.6 Å². The van der Waals surface area contributed by atoms with Crippen LogP contribution in [0.2, 0.25) is 0 Å². The van der Waals surface area contributed by atoms with Crippen molar-refractivity contribution in [2.75, 3.05) is 19.0 Å². The summed E-state index contributed by atoms with van der Waals surface area (Å²) in [6.07, 6.45) is 4.90. The average Bonchev–Trinajstić information content (AvgIpc) is 2.64. The molecule has 2 atom stereocenters. The Kier molecular flexibility index (Phi) is 3.24. The number of nitrogens with zero attached hydrogens (tertiary/aromatic N) is 3. The molecule has 1 heterocycles. The third-order valence-electron chi connectivity index (χ3n) is 2.73. The summed E-state index contributed by atoms with van der Waals surface area (Å²) in [4.78, 5) is 10.3. The summed E-state index contributed by atoms with van der Waals surface area (Å²) >= 11 is 0. The van der Waals surface area contributed by atoms with Gasteiger partial charge in [-0.3, -0.25) is 0 Å². The monoisotopic (exact) mass is 222 g/mol. The fourth-order valence-electron chi connectivity index (χ4n) is 1.86. The van der Waals surface area contributed by atoms with E-state index in [4.69, 9.17) is 10.5 Å².